The van der Waals surface area contributed by atoms with E-state index in [-0.39, 0.29) is 18.0 Å². The summed E-state index contributed by atoms with van der Waals surface area (Å²) < 4.78 is 0. The van der Waals surface area contributed by atoms with E-state index in [0.29, 0.717) is 10.7 Å². The number of hydrogen-bond acceptors (Lipinski definition) is 6. The third-order valence-corrected chi connectivity index (χ3v) is 5.07. The summed E-state index contributed by atoms with van der Waals surface area (Å²) in [6.45, 7) is 6.93. The number of thiazole rings is 1. The highest BCUT2D eigenvalue weighted by molar-refractivity contribution is 7.99. The molecule has 1 aliphatic rings. The van der Waals surface area contributed by atoms with Crippen LogP contribution in [0.25, 0.3) is 0 Å². The molecule has 1 saturated heterocycles. The first-order chi connectivity index (χ1) is 8.99. The Morgan fingerprint density at radius 1 is 1.58 bits per heavy atom. The van der Waals surface area contributed by atoms with Gasteiger partial charge in [-0.05, 0) is 20.8 Å². The van der Waals surface area contributed by atoms with Gasteiger partial charge in [-0.3, -0.25) is 4.79 Å². The highest BCUT2D eigenvalue weighted by atomic mass is 32.2. The summed E-state index contributed by atoms with van der Waals surface area (Å²) in [6, 6.07) is 0.535. The molecule has 2 heterocycles. The second-order valence-electron chi connectivity index (χ2n) is 4.95. The number of aromatic nitrogens is 1. The molecule has 3 N–H and O–H groups in total. The van der Waals surface area contributed by atoms with Crippen molar-refractivity contribution in [2.75, 3.05) is 29.1 Å². The number of amides is 1. The summed E-state index contributed by atoms with van der Waals surface area (Å²) in [7, 11) is 0. The predicted molar refractivity (Wildman–Crippen MR) is 83.1 cm³/mol. The molecule has 19 heavy (non-hydrogen) atoms. The van der Waals surface area contributed by atoms with Crippen LogP contribution in [0.5, 0.6) is 0 Å². The molecular formula is C12H20N4OS2. The molecule has 0 saturated carbocycles. The minimum Gasteiger partial charge on any atom is -0.382 e. The van der Waals surface area contributed by atoms with Gasteiger partial charge >= 0.3 is 0 Å². The first kappa shape index (κ1) is 14.5. The van der Waals surface area contributed by atoms with Crippen molar-refractivity contribution in [2.45, 2.75) is 32.9 Å². The second kappa shape index (κ2) is 6.00. The summed E-state index contributed by atoms with van der Waals surface area (Å²) in [5, 5.41) is 3.91. The van der Waals surface area contributed by atoms with Crippen LogP contribution in [0.4, 0.5) is 10.9 Å². The number of carbonyl (C=O) groups is 1. The average Bonchev–Trinajstić information content (AvgIpc) is 2.69. The van der Waals surface area contributed by atoms with Crippen molar-refractivity contribution in [1.82, 2.24) is 9.88 Å². The van der Waals surface area contributed by atoms with Crippen molar-refractivity contribution < 1.29 is 4.79 Å². The van der Waals surface area contributed by atoms with Crippen LogP contribution in [-0.4, -0.2) is 45.9 Å². The first-order valence-electron chi connectivity index (χ1n) is 6.40. The highest BCUT2D eigenvalue weighted by Crippen LogP contribution is 2.28. The Morgan fingerprint density at radius 3 is 2.95 bits per heavy atom. The Hall–Kier alpha value is -0.950. The molecule has 2 rings (SSSR count). The van der Waals surface area contributed by atoms with E-state index in [4.69, 9.17) is 5.73 Å². The van der Waals surface area contributed by atoms with Crippen LogP contribution in [0, 0.1) is 0 Å². The van der Waals surface area contributed by atoms with E-state index in [1.54, 1.807) is 0 Å². The highest BCUT2D eigenvalue weighted by Gasteiger charge is 2.28. The largest absolute Gasteiger partial charge is 0.382 e. The molecule has 5 nitrogen and oxygen atoms in total. The molecule has 0 aliphatic carbocycles. The van der Waals surface area contributed by atoms with Crippen LogP contribution in [0.3, 0.4) is 0 Å². The van der Waals surface area contributed by atoms with Gasteiger partial charge in [0.15, 0.2) is 5.13 Å². The molecule has 1 aromatic heterocycles. The molecule has 1 aromatic rings. The lowest BCUT2D eigenvalue weighted by Crippen LogP contribution is -2.44. The van der Waals surface area contributed by atoms with E-state index in [9.17, 15) is 4.79 Å². The van der Waals surface area contributed by atoms with Crippen molar-refractivity contribution in [3.05, 3.63) is 4.88 Å². The Balaban J connectivity index is 2.16. The van der Waals surface area contributed by atoms with Gasteiger partial charge in [0.05, 0.1) is 0 Å². The molecule has 1 amide bonds. The third-order valence-electron chi connectivity index (χ3n) is 2.89. The Bertz CT molecular complexity index is 461. The molecule has 1 atom stereocenters. The molecule has 106 valence electrons. The van der Waals surface area contributed by atoms with Gasteiger partial charge < -0.3 is 16.0 Å². The van der Waals surface area contributed by atoms with Gasteiger partial charge in [-0.2, -0.15) is 11.8 Å². The zero-order valence-corrected chi connectivity index (χ0v) is 13.1. The van der Waals surface area contributed by atoms with Crippen LogP contribution in [-0.2, 0) is 0 Å². The maximum absolute atomic E-state index is 12.5. The number of nitrogen functional groups attached to an aromatic ring is 1. The smallest absolute Gasteiger partial charge is 0.268 e. The minimum absolute atomic E-state index is 0.0135. The van der Waals surface area contributed by atoms with Gasteiger partial charge in [0.25, 0.3) is 5.91 Å². The molecule has 0 aromatic carbocycles. The van der Waals surface area contributed by atoms with Crippen LogP contribution in [0.15, 0.2) is 0 Å². The normalized spacial score (nSPS) is 19.8. The maximum atomic E-state index is 12.5. The number of anilines is 2. The van der Waals surface area contributed by atoms with Gasteiger partial charge in [0.2, 0.25) is 0 Å². The van der Waals surface area contributed by atoms with Gasteiger partial charge in [-0.15, -0.1) is 0 Å². The van der Waals surface area contributed by atoms with E-state index in [1.165, 1.54) is 11.3 Å². The second-order valence-corrected chi connectivity index (χ2v) is 7.10. The fourth-order valence-electron chi connectivity index (χ4n) is 1.95. The lowest BCUT2D eigenvalue weighted by atomic mass is 10.3. The van der Waals surface area contributed by atoms with Gasteiger partial charge in [-0.1, -0.05) is 11.3 Å². The van der Waals surface area contributed by atoms with E-state index in [0.717, 1.165) is 23.2 Å². The number of nitrogens with one attached hydrogen (secondary N) is 1. The van der Waals surface area contributed by atoms with Gasteiger partial charge in [-0.25, -0.2) is 4.98 Å². The van der Waals surface area contributed by atoms with E-state index >= 15 is 0 Å². The number of nitrogens with zero attached hydrogens (tertiary/aromatic N) is 2. The van der Waals surface area contributed by atoms with E-state index < -0.39 is 0 Å². The third kappa shape index (κ3) is 3.33. The van der Waals surface area contributed by atoms with Crippen molar-refractivity contribution in [3.63, 3.8) is 0 Å². The minimum atomic E-state index is 0.0135. The van der Waals surface area contributed by atoms with Gasteiger partial charge in [0, 0.05) is 30.1 Å². The van der Waals surface area contributed by atoms with Crippen LogP contribution >= 0.6 is 23.1 Å². The van der Waals surface area contributed by atoms with Crippen LogP contribution < -0.4 is 11.1 Å². The molecule has 1 aliphatic heterocycles. The number of rotatable bonds is 3. The SMILES string of the molecule is CC(C)Nc1nc(N)c(C(=O)N2CCSCC2C)s1. The fourth-order valence-corrected chi connectivity index (χ4v) is 3.95. The van der Waals surface area contributed by atoms with E-state index in [1.807, 2.05) is 30.5 Å². The maximum Gasteiger partial charge on any atom is 0.268 e. The van der Waals surface area contributed by atoms with Crippen molar-refractivity contribution in [2.24, 2.45) is 0 Å². The van der Waals surface area contributed by atoms with Crippen LogP contribution in [0.1, 0.15) is 30.4 Å². The first-order valence-corrected chi connectivity index (χ1v) is 8.37. The number of carbonyl (C=O) groups excluding carboxylic acids is 1. The topological polar surface area (TPSA) is 71.2 Å². The Labute approximate surface area is 122 Å². The molecule has 0 bridgehead atoms. The van der Waals surface area contributed by atoms with Crippen molar-refractivity contribution in [3.8, 4) is 0 Å². The molecule has 7 heteroatoms. The van der Waals surface area contributed by atoms with Gasteiger partial charge in [0.1, 0.15) is 10.7 Å². The average molecular weight is 300 g/mol. The molecule has 0 radical (unpaired) electrons. The van der Waals surface area contributed by atoms with Crippen LogP contribution in [0.2, 0.25) is 0 Å². The van der Waals surface area contributed by atoms with Crippen molar-refractivity contribution >= 4 is 40.0 Å². The quantitative estimate of drug-likeness (QED) is 0.894. The zero-order chi connectivity index (χ0) is 14.0. The lowest BCUT2D eigenvalue weighted by molar-refractivity contribution is 0.0722. The van der Waals surface area contributed by atoms with E-state index in [2.05, 4.69) is 17.2 Å². The predicted octanol–water partition coefficient (Wildman–Crippen LogP) is 2.12. The lowest BCUT2D eigenvalue weighted by Gasteiger charge is -2.32. The number of hydrogen-bond donors (Lipinski definition) is 2. The molecular weight excluding hydrogens is 280 g/mol. The number of thioether (sulfide) groups is 1. The standard InChI is InChI=1S/C12H20N4OS2/c1-7(2)14-12-15-10(13)9(19-12)11(17)16-4-5-18-6-8(16)3/h7-8H,4-6,13H2,1-3H3,(H,14,15). The monoisotopic (exact) mass is 300 g/mol. The fraction of sp³-hybridized carbons (Fsp3) is 0.667. The summed E-state index contributed by atoms with van der Waals surface area (Å²) >= 11 is 3.23. The summed E-state index contributed by atoms with van der Waals surface area (Å²) in [4.78, 5) is 19.2. The van der Waals surface area contributed by atoms with Crippen molar-refractivity contribution in [1.29, 1.82) is 0 Å². The zero-order valence-electron chi connectivity index (χ0n) is 11.5. The number of nitrogens with two attached hydrogens (primary N) is 1. The summed E-state index contributed by atoms with van der Waals surface area (Å²) in [5.41, 5.74) is 5.88. The Morgan fingerprint density at radius 2 is 2.32 bits per heavy atom. The molecule has 1 unspecified atom stereocenters. The summed E-state index contributed by atoms with van der Waals surface area (Å²) in [5.74, 6) is 2.33. The molecule has 1 fully saturated rings. The molecule has 0 spiro atoms. The Kier molecular flexibility index (Phi) is 4.57. The summed E-state index contributed by atoms with van der Waals surface area (Å²) in [6.07, 6.45) is 0.